The minimum Gasteiger partial charge on any atom is -0.354 e. The number of likely N-dealkylation sites (tertiary alicyclic amines) is 4. The summed E-state index contributed by atoms with van der Waals surface area (Å²) in [6.45, 7) is 2.34. The van der Waals surface area contributed by atoms with Crippen molar-refractivity contribution in [2.24, 2.45) is 0 Å². The largest absolute Gasteiger partial charge is 0.354 e. The molecule has 4 fully saturated rings. The Balaban J connectivity index is 0.000000191. The number of benzene rings is 8. The highest BCUT2D eigenvalue weighted by Crippen LogP contribution is 2.37. The second-order valence-electron chi connectivity index (χ2n) is 26.6. The van der Waals surface area contributed by atoms with Crippen molar-refractivity contribution in [1.29, 1.82) is 5.26 Å². The predicted molar refractivity (Wildman–Crippen MR) is 401 cm³/mol. The number of anilines is 2. The molecule has 0 saturated carbocycles. The van der Waals surface area contributed by atoms with E-state index < -0.39 is 24.2 Å². The van der Waals surface area contributed by atoms with Crippen molar-refractivity contribution in [3.8, 4) is 28.6 Å². The van der Waals surface area contributed by atoms with E-state index in [9.17, 15) is 43.6 Å². The van der Waals surface area contributed by atoms with Gasteiger partial charge in [-0.25, -0.2) is 0 Å². The Bertz CT molecular complexity index is 4750. The third kappa shape index (κ3) is 16.4. The molecule has 18 heteroatoms. The summed E-state index contributed by atoms with van der Waals surface area (Å²) in [4.78, 5) is 120. The molecule has 0 bridgehead atoms. The number of hydrogen-bond acceptors (Lipinski definition) is 9. The van der Waals surface area contributed by atoms with E-state index in [1.807, 2.05) is 194 Å². The number of H-pyrrole nitrogens is 2. The van der Waals surface area contributed by atoms with Gasteiger partial charge in [-0.1, -0.05) is 165 Å². The number of nitriles is 1. The van der Waals surface area contributed by atoms with Gasteiger partial charge in [0.25, 0.3) is 0 Å². The van der Waals surface area contributed by atoms with Crippen LogP contribution in [0, 0.1) is 11.3 Å². The molecule has 6 amide bonds. The normalized spacial score (nSPS) is 17.0. The number of nitrogens with zero attached hydrogens (tertiary/aromatic N) is 5. The highest BCUT2D eigenvalue weighted by atomic mass is 79.9. The minimum absolute atomic E-state index is 0. The second-order valence-corrected chi connectivity index (χ2v) is 27.4. The molecule has 0 spiro atoms. The van der Waals surface area contributed by atoms with Gasteiger partial charge in [0.15, 0.2) is 11.6 Å². The number of fused-ring (bicyclic) bond motifs is 2. The molecule has 8 aromatic carbocycles. The van der Waals surface area contributed by atoms with Crippen LogP contribution < -0.4 is 10.6 Å². The van der Waals surface area contributed by atoms with Gasteiger partial charge >= 0.3 is 0 Å². The van der Waals surface area contributed by atoms with Crippen molar-refractivity contribution < 1.29 is 38.4 Å². The molecule has 14 rings (SSSR count). The van der Waals surface area contributed by atoms with Crippen LogP contribution in [0.3, 0.4) is 0 Å². The summed E-state index contributed by atoms with van der Waals surface area (Å²) in [5.41, 5.74) is 12.1. The van der Waals surface area contributed by atoms with Crippen LogP contribution in [-0.2, 0) is 76.9 Å². The first-order chi connectivity index (χ1) is 49.2. The Kier molecular flexibility index (Phi) is 22.6. The van der Waals surface area contributed by atoms with Crippen molar-refractivity contribution in [3.05, 3.63) is 250 Å². The smallest absolute Gasteiger partial charge is 0.247 e. The number of Topliss-reactive ketones (excluding diaryl/α,β-unsaturated/α-hetero) is 2. The average Bonchev–Trinajstić information content (AvgIpc) is 1.63. The molecule has 4 N–H and O–H groups in total. The molecular weight excluding hydrogens is 1340 g/mol. The maximum atomic E-state index is 13.5. The van der Waals surface area contributed by atoms with Crippen LogP contribution >= 0.6 is 15.9 Å². The summed E-state index contributed by atoms with van der Waals surface area (Å²) in [6.07, 6.45) is 7.37. The molecule has 6 heterocycles. The fraction of sp³-hybridized carbons (Fsp3) is 0.274. The molecule has 4 saturated heterocycles. The SMILES string of the molecule is C.N#Cc1c(-c2ccc(NC(=O)[C@@H]3CCCN3C(=O)Cc3ccccc3)cc2)[nH]c2ccc(CC(=O)[C@@H]3CCCN3C(=O)Cc3ccccc3)cc12.O=C(Cc1ccc2[nH]c(-c3ccc(NC(=O)[C@@H]4CCCN4C(=O)Cc4ccccc4)cc3)c(Br)c2c1)[C@@H]1CCCN1C(=O)Cc1ccccc1. The summed E-state index contributed by atoms with van der Waals surface area (Å²) in [6, 6.07) is 65.5. The Morgan fingerprint density at radius 2 is 0.716 bits per heavy atom. The molecular formula is C84H82BrN9O8. The van der Waals surface area contributed by atoms with Gasteiger partial charge in [-0.2, -0.15) is 5.26 Å². The lowest BCUT2D eigenvalue weighted by Gasteiger charge is -2.24. The predicted octanol–water partition coefficient (Wildman–Crippen LogP) is 14.0. The lowest BCUT2D eigenvalue weighted by molar-refractivity contribution is -0.136. The van der Waals surface area contributed by atoms with E-state index in [2.05, 4.69) is 42.6 Å². The van der Waals surface area contributed by atoms with E-state index in [4.69, 9.17) is 0 Å². The standard InChI is InChI=1S/C42H39N5O4.C41H39BrN4O4.CH4/c43-27-34-33-23-30(24-38(48)36-13-7-21-46(36)39(49)25-28-9-3-1-4-10-28)15-20-35(33)45-41(34)31-16-18-32(19-17-31)44-42(51)37-14-8-22-47(37)40(50)26-29-11-5-2-6-12-29;42-39-32-23-29(24-36(47)34-13-7-21-45(34)37(48)25-27-9-3-1-4-10-27)15-20-33(32)44-40(39)30-16-18-31(19-17-30)43-41(50)35-14-8-22-46(35)38(49)26-28-11-5-2-6-12-28;/h1-6,9-12,15-20,23,36-37,45H,7-8,13-14,21-22,24-26H2,(H,44,51);1-6,9-12,15-20,23,34-35,44H,7-8,13-14,21-22,24-26H2,(H,43,50);1H4/t36-,37-;34-,35-;/m00./s1. The molecule has 0 radical (unpaired) electrons. The summed E-state index contributed by atoms with van der Waals surface area (Å²) >= 11 is 3.79. The zero-order chi connectivity index (χ0) is 69.9. The number of aromatic amines is 2. The number of ketones is 2. The number of carbonyl (C=O) groups is 8. The van der Waals surface area contributed by atoms with Crippen molar-refractivity contribution in [2.75, 3.05) is 36.8 Å². The first kappa shape index (κ1) is 70.8. The molecule has 17 nitrogen and oxygen atoms in total. The lowest BCUT2D eigenvalue weighted by atomic mass is 9.99. The van der Waals surface area contributed by atoms with Gasteiger partial charge in [0, 0.05) is 72.2 Å². The molecule has 0 unspecified atom stereocenters. The highest BCUT2D eigenvalue weighted by Gasteiger charge is 2.38. The number of aromatic nitrogens is 2. The maximum absolute atomic E-state index is 13.5. The van der Waals surface area contributed by atoms with E-state index in [0.29, 0.717) is 80.9 Å². The maximum Gasteiger partial charge on any atom is 0.247 e. The zero-order valence-electron chi connectivity index (χ0n) is 56.0. The van der Waals surface area contributed by atoms with Crippen LogP contribution in [-0.4, -0.2) is 127 Å². The summed E-state index contributed by atoms with van der Waals surface area (Å²) < 4.78 is 0.887. The molecule has 518 valence electrons. The average molecular weight is 1430 g/mol. The van der Waals surface area contributed by atoms with Crippen molar-refractivity contribution in [1.82, 2.24) is 29.6 Å². The number of halogens is 1. The number of rotatable bonds is 20. The summed E-state index contributed by atoms with van der Waals surface area (Å²) in [5.74, 6) is -0.445. The van der Waals surface area contributed by atoms with E-state index in [1.165, 1.54) is 0 Å². The van der Waals surface area contributed by atoms with Gasteiger partial charge in [-0.3, -0.25) is 38.4 Å². The van der Waals surface area contributed by atoms with Crippen molar-refractivity contribution in [2.45, 2.75) is 121 Å². The highest BCUT2D eigenvalue weighted by molar-refractivity contribution is 9.10. The van der Waals surface area contributed by atoms with Crippen molar-refractivity contribution >= 4 is 96.1 Å². The second kappa shape index (κ2) is 32.5. The Morgan fingerprint density at radius 1 is 0.392 bits per heavy atom. The lowest BCUT2D eigenvalue weighted by Crippen LogP contribution is -2.43. The van der Waals surface area contributed by atoms with Gasteiger partial charge in [-0.15, -0.1) is 0 Å². The van der Waals surface area contributed by atoms with Gasteiger partial charge in [-0.05, 0) is 160 Å². The van der Waals surface area contributed by atoms with E-state index in [0.717, 1.165) is 102 Å². The Labute approximate surface area is 602 Å². The molecule has 4 aliphatic heterocycles. The number of hydrogen-bond donors (Lipinski definition) is 4. The van der Waals surface area contributed by atoms with Gasteiger partial charge < -0.3 is 40.2 Å². The summed E-state index contributed by atoms with van der Waals surface area (Å²) in [5, 5.41) is 17.9. The molecule has 2 aromatic heterocycles. The van der Waals surface area contributed by atoms with E-state index in [1.54, 1.807) is 31.7 Å². The van der Waals surface area contributed by atoms with Crippen LogP contribution in [0.1, 0.15) is 97.7 Å². The third-order valence-corrected chi connectivity index (χ3v) is 20.7. The quantitative estimate of drug-likeness (QED) is 0.0568. The van der Waals surface area contributed by atoms with Crippen LogP contribution in [0.4, 0.5) is 11.4 Å². The van der Waals surface area contributed by atoms with E-state index in [-0.39, 0.29) is 86.5 Å². The summed E-state index contributed by atoms with van der Waals surface area (Å²) in [7, 11) is 0. The first-order valence-corrected chi connectivity index (χ1v) is 35.6. The van der Waals surface area contributed by atoms with Crippen molar-refractivity contribution in [3.63, 3.8) is 0 Å². The molecule has 4 aliphatic rings. The molecule has 102 heavy (non-hydrogen) atoms. The third-order valence-electron chi connectivity index (χ3n) is 19.8. The van der Waals surface area contributed by atoms with Crippen LogP contribution in [0.2, 0.25) is 0 Å². The monoisotopic (exact) mass is 1420 g/mol. The number of carbonyl (C=O) groups excluding carboxylic acids is 8. The zero-order valence-corrected chi connectivity index (χ0v) is 57.6. The molecule has 4 atom stereocenters. The first-order valence-electron chi connectivity index (χ1n) is 34.8. The van der Waals surface area contributed by atoms with E-state index >= 15 is 0 Å². The minimum atomic E-state index is -0.521. The fourth-order valence-electron chi connectivity index (χ4n) is 14.7. The molecule has 10 aromatic rings. The van der Waals surface area contributed by atoms with Gasteiger partial charge in [0.2, 0.25) is 35.4 Å². The van der Waals surface area contributed by atoms with Crippen LogP contribution in [0.5, 0.6) is 0 Å². The van der Waals surface area contributed by atoms with Gasteiger partial charge in [0.05, 0.1) is 59.2 Å². The van der Waals surface area contributed by atoms with Crippen LogP contribution in [0.15, 0.2) is 211 Å². The topological polar surface area (TPSA) is 229 Å². The Hall–Kier alpha value is -11.0. The Morgan fingerprint density at radius 3 is 1.09 bits per heavy atom. The number of nitrogens with one attached hydrogen (secondary N) is 4. The number of amides is 6. The molecule has 0 aliphatic carbocycles. The van der Waals surface area contributed by atoms with Gasteiger partial charge in [0.1, 0.15) is 18.2 Å². The fourth-order valence-corrected chi connectivity index (χ4v) is 15.3. The van der Waals surface area contributed by atoms with Crippen LogP contribution in [0.25, 0.3) is 44.3 Å².